The third-order valence-electron chi connectivity index (χ3n) is 3.21. The van der Waals surface area contributed by atoms with Crippen molar-refractivity contribution >= 4 is 12.1 Å². The van der Waals surface area contributed by atoms with Gasteiger partial charge in [0.15, 0.2) is 0 Å². The van der Waals surface area contributed by atoms with Crippen LogP contribution in [0.5, 0.6) is 0 Å². The molecule has 0 aliphatic carbocycles. The second kappa shape index (κ2) is 7.83. The average molecular weight is 345 g/mol. The molecule has 0 unspecified atom stereocenters. The van der Waals surface area contributed by atoms with Crippen LogP contribution in [0.4, 0.5) is 4.79 Å². The first-order chi connectivity index (χ1) is 11.8. The molecule has 0 radical (unpaired) electrons. The second-order valence-electron chi connectivity index (χ2n) is 6.51. The lowest BCUT2D eigenvalue weighted by molar-refractivity contribution is 0.0521. The van der Waals surface area contributed by atoms with Gasteiger partial charge in [0.1, 0.15) is 11.3 Å². The monoisotopic (exact) mass is 345 g/mol. The van der Waals surface area contributed by atoms with Gasteiger partial charge in [-0.2, -0.15) is 5.10 Å². The molecule has 0 fully saturated rings. The molecule has 1 heterocycles. The summed E-state index contributed by atoms with van der Waals surface area (Å²) in [5.41, 5.74) is 1.30. The second-order valence-corrected chi connectivity index (χ2v) is 6.51. The van der Waals surface area contributed by atoms with E-state index in [4.69, 9.17) is 9.47 Å². The number of esters is 1. The molecule has 0 atom stereocenters. The van der Waals surface area contributed by atoms with Gasteiger partial charge < -0.3 is 14.8 Å². The molecule has 1 aromatic heterocycles. The summed E-state index contributed by atoms with van der Waals surface area (Å²) in [6.45, 7) is 5.95. The van der Waals surface area contributed by atoms with Crippen molar-refractivity contribution in [3.63, 3.8) is 0 Å². The van der Waals surface area contributed by atoms with Crippen LogP contribution < -0.4 is 5.32 Å². The molecule has 0 bridgehead atoms. The molecular weight excluding hydrogens is 322 g/mol. The Morgan fingerprint density at radius 1 is 1.20 bits per heavy atom. The Bertz CT molecular complexity index is 733. The third kappa shape index (κ3) is 5.63. The smallest absolute Gasteiger partial charge is 0.407 e. The molecule has 0 aliphatic rings. The first-order valence-corrected chi connectivity index (χ1v) is 7.94. The number of aromatic nitrogens is 2. The minimum absolute atomic E-state index is 0.153. The van der Waals surface area contributed by atoms with Gasteiger partial charge in [0.2, 0.25) is 0 Å². The normalized spacial score (nSPS) is 11.0. The number of nitrogens with one attached hydrogen (secondary N) is 1. The Hall–Kier alpha value is -2.83. The van der Waals surface area contributed by atoms with Crippen molar-refractivity contribution in [1.82, 2.24) is 15.1 Å². The van der Waals surface area contributed by atoms with E-state index in [0.29, 0.717) is 17.9 Å². The van der Waals surface area contributed by atoms with Gasteiger partial charge in [-0.25, -0.2) is 9.59 Å². The Morgan fingerprint density at radius 3 is 2.48 bits per heavy atom. The van der Waals surface area contributed by atoms with Crippen LogP contribution in [0, 0.1) is 0 Å². The molecule has 2 rings (SSSR count). The van der Waals surface area contributed by atoms with Gasteiger partial charge in [-0.05, 0) is 32.4 Å². The number of carbonyl (C=O) groups is 2. The van der Waals surface area contributed by atoms with E-state index in [1.54, 1.807) is 31.5 Å². The molecule has 2 aromatic rings. The van der Waals surface area contributed by atoms with Crippen molar-refractivity contribution in [2.45, 2.75) is 39.5 Å². The molecule has 7 nitrogen and oxygen atoms in total. The molecule has 0 spiro atoms. The number of nitrogens with zero attached hydrogens (tertiary/aromatic N) is 2. The van der Waals surface area contributed by atoms with E-state index < -0.39 is 17.7 Å². The van der Waals surface area contributed by atoms with Crippen molar-refractivity contribution in [3.8, 4) is 0 Å². The van der Waals surface area contributed by atoms with Gasteiger partial charge >= 0.3 is 12.1 Å². The van der Waals surface area contributed by atoms with Crippen LogP contribution in [0.1, 0.15) is 42.5 Å². The Labute approximate surface area is 146 Å². The summed E-state index contributed by atoms with van der Waals surface area (Å²) in [7, 11) is 1.32. The quantitative estimate of drug-likeness (QED) is 0.843. The van der Waals surface area contributed by atoms with Crippen LogP contribution in [0.15, 0.2) is 36.4 Å². The maximum absolute atomic E-state index is 12.0. The molecule has 7 heteroatoms. The summed E-state index contributed by atoms with van der Waals surface area (Å²) < 4.78 is 11.6. The maximum atomic E-state index is 12.0. The molecule has 25 heavy (non-hydrogen) atoms. The van der Waals surface area contributed by atoms with E-state index in [9.17, 15) is 9.59 Å². The number of benzene rings is 1. The molecular formula is C18H23N3O4. The van der Waals surface area contributed by atoms with Crippen LogP contribution in [-0.4, -0.2) is 34.6 Å². The van der Waals surface area contributed by atoms with Crippen LogP contribution in [-0.2, 0) is 22.6 Å². The Morgan fingerprint density at radius 2 is 1.88 bits per heavy atom. The van der Waals surface area contributed by atoms with Crippen molar-refractivity contribution < 1.29 is 19.1 Å². The van der Waals surface area contributed by atoms with Crippen molar-refractivity contribution in [1.29, 1.82) is 0 Å². The summed E-state index contributed by atoms with van der Waals surface area (Å²) >= 11 is 0. The maximum Gasteiger partial charge on any atom is 0.407 e. The van der Waals surface area contributed by atoms with E-state index in [0.717, 1.165) is 5.56 Å². The van der Waals surface area contributed by atoms with Crippen LogP contribution >= 0.6 is 0 Å². The fourth-order valence-electron chi connectivity index (χ4n) is 2.18. The zero-order chi connectivity index (χ0) is 18.4. The van der Waals surface area contributed by atoms with Crippen LogP contribution in [0.2, 0.25) is 0 Å². The van der Waals surface area contributed by atoms with E-state index in [2.05, 4.69) is 10.4 Å². The van der Waals surface area contributed by atoms with Gasteiger partial charge in [-0.3, -0.25) is 4.68 Å². The van der Waals surface area contributed by atoms with Crippen molar-refractivity contribution in [2.75, 3.05) is 7.11 Å². The molecule has 0 saturated carbocycles. The third-order valence-corrected chi connectivity index (χ3v) is 3.21. The van der Waals surface area contributed by atoms with E-state index >= 15 is 0 Å². The number of methoxy groups -OCH3 is 1. The number of amides is 1. The summed E-state index contributed by atoms with van der Waals surface area (Å²) in [5, 5.41) is 7.02. The highest BCUT2D eigenvalue weighted by Crippen LogP contribution is 2.11. The van der Waals surface area contributed by atoms with Gasteiger partial charge in [0.25, 0.3) is 0 Å². The van der Waals surface area contributed by atoms with Gasteiger partial charge in [-0.15, -0.1) is 0 Å². The van der Waals surface area contributed by atoms with Gasteiger partial charge in [-0.1, -0.05) is 30.3 Å². The largest absolute Gasteiger partial charge is 0.464 e. The number of carbonyl (C=O) groups excluding carboxylic acids is 2. The summed E-state index contributed by atoms with van der Waals surface area (Å²) in [5.74, 6) is -0.480. The Kier molecular flexibility index (Phi) is 5.80. The predicted octanol–water partition coefficient (Wildman–Crippen LogP) is 2.74. The van der Waals surface area contributed by atoms with E-state index in [1.807, 2.05) is 30.3 Å². The highest BCUT2D eigenvalue weighted by Gasteiger charge is 2.19. The molecule has 1 aromatic carbocycles. The summed E-state index contributed by atoms with van der Waals surface area (Å²) in [6.07, 6.45) is -0.537. The van der Waals surface area contributed by atoms with Crippen molar-refractivity contribution in [2.24, 2.45) is 0 Å². The summed E-state index contributed by atoms with van der Waals surface area (Å²) in [6, 6.07) is 11.3. The summed E-state index contributed by atoms with van der Waals surface area (Å²) in [4.78, 5) is 23.7. The standard InChI is InChI=1S/C18H23N3O4/c1-18(2,3)25-17(23)19-11-14-10-15(16(22)24-4)21(20-14)12-13-8-6-5-7-9-13/h5-10H,11-12H2,1-4H3,(H,19,23). The number of hydrogen-bond donors (Lipinski definition) is 1. The van der Waals surface area contributed by atoms with Crippen LogP contribution in [0.25, 0.3) is 0 Å². The topological polar surface area (TPSA) is 82.4 Å². The minimum atomic E-state index is -0.575. The minimum Gasteiger partial charge on any atom is -0.464 e. The lowest BCUT2D eigenvalue weighted by Crippen LogP contribution is -2.32. The van der Waals surface area contributed by atoms with E-state index in [-0.39, 0.29) is 6.54 Å². The molecule has 134 valence electrons. The van der Waals surface area contributed by atoms with Gasteiger partial charge in [0.05, 0.1) is 25.9 Å². The SMILES string of the molecule is COC(=O)c1cc(CNC(=O)OC(C)(C)C)nn1Cc1ccccc1. The zero-order valence-corrected chi connectivity index (χ0v) is 14.9. The van der Waals surface area contributed by atoms with E-state index in [1.165, 1.54) is 7.11 Å². The fourth-order valence-corrected chi connectivity index (χ4v) is 2.18. The molecule has 1 N–H and O–H groups in total. The first kappa shape index (κ1) is 18.5. The molecule has 0 aliphatic heterocycles. The number of hydrogen-bond acceptors (Lipinski definition) is 5. The predicted molar refractivity (Wildman–Crippen MR) is 92.2 cm³/mol. The lowest BCUT2D eigenvalue weighted by atomic mass is 10.2. The molecule has 0 saturated heterocycles. The number of alkyl carbamates (subject to hydrolysis) is 1. The molecule has 1 amide bonds. The van der Waals surface area contributed by atoms with Crippen molar-refractivity contribution in [3.05, 3.63) is 53.3 Å². The number of rotatable bonds is 5. The Balaban J connectivity index is 2.12. The van der Waals surface area contributed by atoms with Crippen LogP contribution in [0.3, 0.4) is 0 Å². The lowest BCUT2D eigenvalue weighted by Gasteiger charge is -2.19. The fraction of sp³-hybridized carbons (Fsp3) is 0.389. The average Bonchev–Trinajstić information content (AvgIpc) is 2.94. The zero-order valence-electron chi connectivity index (χ0n) is 14.9. The highest BCUT2D eigenvalue weighted by atomic mass is 16.6. The first-order valence-electron chi connectivity index (χ1n) is 7.94. The van der Waals surface area contributed by atoms with Gasteiger partial charge in [0, 0.05) is 0 Å². The number of ether oxygens (including phenoxy) is 2. The highest BCUT2D eigenvalue weighted by molar-refractivity contribution is 5.87.